The minimum absolute atomic E-state index is 0.0772. The Morgan fingerprint density at radius 2 is 2.36 bits per heavy atom. The Kier molecular flexibility index (Phi) is 2.91. The molecule has 0 spiro atoms. The van der Waals surface area contributed by atoms with Crippen molar-refractivity contribution in [3.05, 3.63) is 15.8 Å². The van der Waals surface area contributed by atoms with Crippen molar-refractivity contribution in [2.75, 3.05) is 7.11 Å². The number of thiophene rings is 1. The van der Waals surface area contributed by atoms with E-state index in [4.69, 9.17) is 9.84 Å². The van der Waals surface area contributed by atoms with E-state index in [-0.39, 0.29) is 6.61 Å². The van der Waals surface area contributed by atoms with Gasteiger partial charge in [-0.2, -0.15) is 0 Å². The number of methoxy groups -OCH3 is 1. The van der Waals surface area contributed by atoms with Crippen molar-refractivity contribution in [1.82, 2.24) is 0 Å². The van der Waals surface area contributed by atoms with Gasteiger partial charge in [0.15, 0.2) is 0 Å². The van der Waals surface area contributed by atoms with Gasteiger partial charge >= 0.3 is 0 Å². The molecule has 1 aromatic rings. The molecule has 1 N–H and O–H groups in total. The Labute approximate surface area is 70.4 Å². The summed E-state index contributed by atoms with van der Waals surface area (Å²) in [7, 11) is 1.63. The fourth-order valence-corrected chi connectivity index (χ4v) is 1.86. The molecule has 1 heterocycles. The van der Waals surface area contributed by atoms with E-state index in [1.807, 2.05) is 6.07 Å². The van der Waals surface area contributed by atoms with E-state index in [1.54, 1.807) is 18.4 Å². The maximum Gasteiger partial charge on any atom is 0.135 e. The zero-order valence-corrected chi connectivity index (χ0v) is 7.57. The van der Waals surface area contributed by atoms with Gasteiger partial charge in [0.25, 0.3) is 0 Å². The molecule has 0 unspecified atom stereocenters. The average molecular weight is 172 g/mol. The standard InChI is InChI=1S/C8H12O2S/c1-3-6-4-7(10-2)8(5-9)11-6/h4,9H,3,5H2,1-2H3. The van der Waals surface area contributed by atoms with Gasteiger partial charge in [-0.3, -0.25) is 0 Å². The first-order valence-electron chi connectivity index (χ1n) is 3.58. The lowest BCUT2D eigenvalue weighted by Crippen LogP contribution is -1.84. The molecule has 0 aliphatic rings. The monoisotopic (exact) mass is 172 g/mol. The summed E-state index contributed by atoms with van der Waals surface area (Å²) in [4.78, 5) is 2.18. The van der Waals surface area contributed by atoms with Crippen LogP contribution >= 0.6 is 11.3 Å². The summed E-state index contributed by atoms with van der Waals surface area (Å²) in [6, 6.07) is 1.98. The Morgan fingerprint density at radius 1 is 1.64 bits per heavy atom. The number of rotatable bonds is 3. The molecule has 0 aromatic carbocycles. The summed E-state index contributed by atoms with van der Waals surface area (Å²) in [5, 5.41) is 8.89. The number of hydrogen-bond acceptors (Lipinski definition) is 3. The molecule has 0 saturated carbocycles. The molecule has 1 aromatic heterocycles. The predicted molar refractivity (Wildman–Crippen MR) is 46.2 cm³/mol. The maximum atomic E-state index is 8.89. The van der Waals surface area contributed by atoms with Crippen molar-refractivity contribution in [2.24, 2.45) is 0 Å². The van der Waals surface area contributed by atoms with Crippen LogP contribution in [0.4, 0.5) is 0 Å². The molecule has 0 bridgehead atoms. The van der Waals surface area contributed by atoms with Crippen molar-refractivity contribution < 1.29 is 9.84 Å². The van der Waals surface area contributed by atoms with E-state index in [0.717, 1.165) is 17.0 Å². The van der Waals surface area contributed by atoms with Gasteiger partial charge in [-0.1, -0.05) is 6.92 Å². The van der Waals surface area contributed by atoms with Crippen LogP contribution in [0.25, 0.3) is 0 Å². The number of aliphatic hydroxyl groups is 1. The van der Waals surface area contributed by atoms with Crippen LogP contribution < -0.4 is 4.74 Å². The summed E-state index contributed by atoms with van der Waals surface area (Å²) in [6.45, 7) is 2.17. The van der Waals surface area contributed by atoms with E-state index in [9.17, 15) is 0 Å². The zero-order valence-electron chi connectivity index (χ0n) is 6.76. The van der Waals surface area contributed by atoms with Gasteiger partial charge in [0.1, 0.15) is 5.75 Å². The molecule has 11 heavy (non-hydrogen) atoms. The highest BCUT2D eigenvalue weighted by Crippen LogP contribution is 2.29. The quantitative estimate of drug-likeness (QED) is 0.753. The zero-order chi connectivity index (χ0) is 8.27. The molecular formula is C8H12O2S. The van der Waals surface area contributed by atoms with E-state index in [1.165, 1.54) is 4.88 Å². The van der Waals surface area contributed by atoms with Gasteiger partial charge in [0.05, 0.1) is 18.6 Å². The van der Waals surface area contributed by atoms with Gasteiger partial charge in [-0.15, -0.1) is 11.3 Å². The van der Waals surface area contributed by atoms with E-state index in [0.29, 0.717) is 0 Å². The molecule has 3 heteroatoms. The Morgan fingerprint density at radius 3 is 2.73 bits per heavy atom. The lowest BCUT2D eigenvalue weighted by molar-refractivity contribution is 0.278. The van der Waals surface area contributed by atoms with Crippen molar-refractivity contribution in [3.63, 3.8) is 0 Å². The van der Waals surface area contributed by atoms with Crippen LogP contribution in [0, 0.1) is 0 Å². The largest absolute Gasteiger partial charge is 0.495 e. The first kappa shape index (κ1) is 8.56. The molecule has 0 fully saturated rings. The van der Waals surface area contributed by atoms with Crippen LogP contribution in [-0.2, 0) is 13.0 Å². The highest BCUT2D eigenvalue weighted by molar-refractivity contribution is 7.12. The average Bonchev–Trinajstić information content (AvgIpc) is 2.46. The minimum atomic E-state index is 0.0772. The third kappa shape index (κ3) is 1.73. The lowest BCUT2D eigenvalue weighted by Gasteiger charge is -1.95. The van der Waals surface area contributed by atoms with Crippen molar-refractivity contribution in [2.45, 2.75) is 20.0 Å². The van der Waals surface area contributed by atoms with E-state index >= 15 is 0 Å². The van der Waals surface area contributed by atoms with Gasteiger partial charge in [0.2, 0.25) is 0 Å². The summed E-state index contributed by atoms with van der Waals surface area (Å²) >= 11 is 1.61. The molecule has 0 saturated heterocycles. The topological polar surface area (TPSA) is 29.5 Å². The van der Waals surface area contributed by atoms with Crippen LogP contribution in [0.1, 0.15) is 16.7 Å². The number of aryl methyl sites for hydroxylation is 1. The molecule has 0 amide bonds. The molecule has 0 aliphatic carbocycles. The molecule has 2 nitrogen and oxygen atoms in total. The van der Waals surface area contributed by atoms with Crippen LogP contribution in [0.15, 0.2) is 6.07 Å². The van der Waals surface area contributed by atoms with Crippen LogP contribution in [-0.4, -0.2) is 12.2 Å². The number of hydrogen-bond donors (Lipinski definition) is 1. The van der Waals surface area contributed by atoms with Crippen molar-refractivity contribution in [1.29, 1.82) is 0 Å². The maximum absolute atomic E-state index is 8.89. The van der Waals surface area contributed by atoms with Crippen LogP contribution in [0.2, 0.25) is 0 Å². The fraction of sp³-hybridized carbons (Fsp3) is 0.500. The second kappa shape index (κ2) is 3.74. The Bertz CT molecular complexity index is 208. The van der Waals surface area contributed by atoms with Gasteiger partial charge in [0, 0.05) is 4.88 Å². The number of ether oxygens (including phenoxy) is 1. The van der Waals surface area contributed by atoms with E-state index in [2.05, 4.69) is 6.92 Å². The molecule has 0 atom stereocenters. The third-order valence-electron chi connectivity index (χ3n) is 1.53. The molecule has 0 radical (unpaired) electrons. The van der Waals surface area contributed by atoms with Gasteiger partial charge in [-0.05, 0) is 12.5 Å². The van der Waals surface area contributed by atoms with Crippen LogP contribution in [0.3, 0.4) is 0 Å². The smallest absolute Gasteiger partial charge is 0.135 e. The fourth-order valence-electron chi connectivity index (χ4n) is 0.922. The summed E-state index contributed by atoms with van der Waals surface area (Å²) in [6.07, 6.45) is 1.00. The third-order valence-corrected chi connectivity index (χ3v) is 2.78. The summed E-state index contributed by atoms with van der Waals surface area (Å²) in [5.41, 5.74) is 0. The molecule has 1 rings (SSSR count). The second-order valence-electron chi connectivity index (χ2n) is 2.22. The first-order chi connectivity index (χ1) is 5.31. The summed E-state index contributed by atoms with van der Waals surface area (Å²) in [5.74, 6) is 0.814. The van der Waals surface area contributed by atoms with Gasteiger partial charge < -0.3 is 9.84 Å². The Balaban J connectivity index is 2.92. The van der Waals surface area contributed by atoms with Crippen LogP contribution in [0.5, 0.6) is 5.75 Å². The Hall–Kier alpha value is -0.540. The van der Waals surface area contributed by atoms with Crippen molar-refractivity contribution in [3.8, 4) is 5.75 Å². The minimum Gasteiger partial charge on any atom is -0.495 e. The SMILES string of the molecule is CCc1cc(OC)c(CO)s1. The predicted octanol–water partition coefficient (Wildman–Crippen LogP) is 1.81. The molecular weight excluding hydrogens is 160 g/mol. The lowest BCUT2D eigenvalue weighted by atomic mass is 10.3. The van der Waals surface area contributed by atoms with Crippen molar-refractivity contribution >= 4 is 11.3 Å². The van der Waals surface area contributed by atoms with Gasteiger partial charge in [-0.25, -0.2) is 0 Å². The number of aliphatic hydroxyl groups excluding tert-OH is 1. The second-order valence-corrected chi connectivity index (χ2v) is 3.44. The highest BCUT2D eigenvalue weighted by atomic mass is 32.1. The summed E-state index contributed by atoms with van der Waals surface area (Å²) < 4.78 is 5.07. The molecule has 0 aliphatic heterocycles. The highest BCUT2D eigenvalue weighted by Gasteiger charge is 2.06. The van der Waals surface area contributed by atoms with E-state index < -0.39 is 0 Å². The first-order valence-corrected chi connectivity index (χ1v) is 4.39. The molecule has 62 valence electrons. The normalized spacial score (nSPS) is 10.1.